The van der Waals surface area contributed by atoms with Gasteiger partial charge in [0.05, 0.1) is 10.6 Å². The lowest BCUT2D eigenvalue weighted by Gasteiger charge is -2.33. The molecule has 0 bridgehead atoms. The van der Waals surface area contributed by atoms with E-state index in [-0.39, 0.29) is 12.2 Å². The number of hydrogen-bond acceptors (Lipinski definition) is 4. The molecule has 0 aromatic heterocycles. The van der Waals surface area contributed by atoms with Gasteiger partial charge in [-0.15, -0.1) is 0 Å². The van der Waals surface area contributed by atoms with E-state index in [2.05, 4.69) is 22.9 Å². The molecule has 3 N–H and O–H groups in total. The minimum absolute atomic E-state index is 0.216. The van der Waals surface area contributed by atoms with Crippen molar-refractivity contribution in [2.45, 2.75) is 32.3 Å². The van der Waals surface area contributed by atoms with Crippen molar-refractivity contribution in [1.82, 2.24) is 0 Å². The summed E-state index contributed by atoms with van der Waals surface area (Å²) in [6.45, 7) is 2.96. The number of aliphatic hydroxyl groups is 1. The van der Waals surface area contributed by atoms with Gasteiger partial charge in [-0.2, -0.15) is 0 Å². The maximum atomic E-state index is 10.8. The second kappa shape index (κ2) is 5.20. The van der Waals surface area contributed by atoms with Crippen LogP contribution >= 0.6 is 15.9 Å². The molecule has 1 aliphatic carbocycles. The van der Waals surface area contributed by atoms with E-state index in [1.807, 2.05) is 12.1 Å². The Morgan fingerprint density at radius 3 is 2.95 bits per heavy atom. The summed E-state index contributed by atoms with van der Waals surface area (Å²) in [6.07, 6.45) is 2.50. The number of benzene rings is 1. The number of aliphatic hydroxyl groups excluding tert-OH is 1. The van der Waals surface area contributed by atoms with Crippen LogP contribution in [0.1, 0.15) is 37.9 Å². The fraction of sp³-hybridized carbons (Fsp3) is 0.600. The van der Waals surface area contributed by atoms with Crippen molar-refractivity contribution < 1.29 is 14.6 Å². The van der Waals surface area contributed by atoms with Crippen molar-refractivity contribution in [3.63, 3.8) is 0 Å². The maximum Gasteiger partial charge on any atom is 0.231 e. The van der Waals surface area contributed by atoms with E-state index < -0.39 is 6.10 Å². The summed E-state index contributed by atoms with van der Waals surface area (Å²) in [6, 6.07) is 3.79. The second-order valence-corrected chi connectivity index (χ2v) is 6.91. The number of halogens is 1. The fourth-order valence-electron chi connectivity index (χ4n) is 3.48. The van der Waals surface area contributed by atoms with Crippen LogP contribution in [-0.2, 0) is 0 Å². The SMILES string of the molecule is CC1CCC(CN)(C(O)c2cc(Br)c3c(c2)OCO3)C1. The maximum absolute atomic E-state index is 10.8. The lowest BCUT2D eigenvalue weighted by atomic mass is 9.76. The van der Waals surface area contributed by atoms with Gasteiger partial charge < -0.3 is 20.3 Å². The van der Waals surface area contributed by atoms with Crippen molar-refractivity contribution in [2.75, 3.05) is 13.3 Å². The van der Waals surface area contributed by atoms with Crippen molar-refractivity contribution in [3.8, 4) is 11.5 Å². The van der Waals surface area contributed by atoms with Crippen LogP contribution in [0.5, 0.6) is 11.5 Å². The Labute approximate surface area is 127 Å². The topological polar surface area (TPSA) is 64.7 Å². The number of nitrogens with two attached hydrogens (primary N) is 1. The number of rotatable bonds is 3. The third-order valence-electron chi connectivity index (χ3n) is 4.64. The molecule has 1 heterocycles. The Kier molecular flexibility index (Phi) is 3.69. The predicted octanol–water partition coefficient (Wildman–Crippen LogP) is 2.98. The molecule has 3 unspecified atom stereocenters. The van der Waals surface area contributed by atoms with Gasteiger partial charge in [-0.3, -0.25) is 0 Å². The molecule has 1 aliphatic heterocycles. The molecule has 1 saturated carbocycles. The summed E-state index contributed by atoms with van der Waals surface area (Å²) in [5, 5.41) is 10.8. The van der Waals surface area contributed by atoms with E-state index in [0.717, 1.165) is 29.3 Å². The molecule has 0 amide bonds. The van der Waals surface area contributed by atoms with Crippen molar-refractivity contribution in [3.05, 3.63) is 22.2 Å². The molecule has 1 fully saturated rings. The number of ether oxygens (including phenoxy) is 2. The summed E-state index contributed by atoms with van der Waals surface area (Å²) in [4.78, 5) is 0. The third-order valence-corrected chi connectivity index (χ3v) is 5.23. The first-order valence-electron chi connectivity index (χ1n) is 7.03. The van der Waals surface area contributed by atoms with Gasteiger partial charge in [0, 0.05) is 12.0 Å². The van der Waals surface area contributed by atoms with E-state index in [4.69, 9.17) is 15.2 Å². The average Bonchev–Trinajstić information content (AvgIpc) is 3.05. The first kappa shape index (κ1) is 14.2. The van der Waals surface area contributed by atoms with Gasteiger partial charge in [0.25, 0.3) is 0 Å². The highest BCUT2D eigenvalue weighted by Crippen LogP contribution is 2.51. The number of hydrogen-bond donors (Lipinski definition) is 2. The van der Waals surface area contributed by atoms with E-state index in [0.29, 0.717) is 24.0 Å². The highest BCUT2D eigenvalue weighted by Gasteiger charge is 2.43. The molecule has 0 radical (unpaired) electrons. The molecule has 5 heteroatoms. The molecule has 0 saturated heterocycles. The summed E-state index contributed by atoms with van der Waals surface area (Å²) in [5.41, 5.74) is 6.62. The van der Waals surface area contributed by atoms with Crippen LogP contribution < -0.4 is 15.2 Å². The molecule has 1 aromatic carbocycles. The van der Waals surface area contributed by atoms with Crippen LogP contribution in [0.3, 0.4) is 0 Å². The lowest BCUT2D eigenvalue weighted by molar-refractivity contribution is 0.0306. The van der Waals surface area contributed by atoms with Crippen LogP contribution in [0.2, 0.25) is 0 Å². The van der Waals surface area contributed by atoms with Crippen molar-refractivity contribution >= 4 is 15.9 Å². The molecular weight excluding hydrogens is 322 g/mol. The molecule has 20 heavy (non-hydrogen) atoms. The Balaban J connectivity index is 1.94. The molecule has 110 valence electrons. The summed E-state index contributed by atoms with van der Waals surface area (Å²) < 4.78 is 11.6. The molecule has 4 nitrogen and oxygen atoms in total. The molecule has 3 rings (SSSR count). The van der Waals surface area contributed by atoms with Gasteiger partial charge >= 0.3 is 0 Å². The van der Waals surface area contributed by atoms with Crippen LogP contribution in [-0.4, -0.2) is 18.4 Å². The Bertz CT molecular complexity index is 522. The molecule has 2 aliphatic rings. The third kappa shape index (κ3) is 2.22. The summed E-state index contributed by atoms with van der Waals surface area (Å²) in [7, 11) is 0. The first-order chi connectivity index (χ1) is 9.55. The molecule has 0 spiro atoms. The second-order valence-electron chi connectivity index (χ2n) is 6.05. The molecular formula is C15H20BrNO3. The summed E-state index contributed by atoms with van der Waals surface area (Å²) in [5.74, 6) is 2.01. The Morgan fingerprint density at radius 1 is 1.50 bits per heavy atom. The predicted molar refractivity (Wildman–Crippen MR) is 79.7 cm³/mol. The van der Waals surface area contributed by atoms with Gasteiger partial charge in [0.1, 0.15) is 0 Å². The van der Waals surface area contributed by atoms with Gasteiger partial charge in [0.2, 0.25) is 6.79 Å². The van der Waals surface area contributed by atoms with Gasteiger partial charge in [-0.05, 0) is 52.4 Å². The van der Waals surface area contributed by atoms with Crippen LogP contribution in [0.15, 0.2) is 16.6 Å². The van der Waals surface area contributed by atoms with E-state index >= 15 is 0 Å². The number of fused-ring (bicyclic) bond motifs is 1. The van der Waals surface area contributed by atoms with E-state index in [1.54, 1.807) is 0 Å². The van der Waals surface area contributed by atoms with E-state index in [9.17, 15) is 5.11 Å². The Hall–Kier alpha value is -0.780. The molecule has 1 aromatic rings. The minimum Gasteiger partial charge on any atom is -0.454 e. The van der Waals surface area contributed by atoms with Crippen LogP contribution in [0.4, 0.5) is 0 Å². The zero-order valence-electron chi connectivity index (χ0n) is 11.6. The van der Waals surface area contributed by atoms with Crippen molar-refractivity contribution in [1.29, 1.82) is 0 Å². The monoisotopic (exact) mass is 341 g/mol. The highest BCUT2D eigenvalue weighted by atomic mass is 79.9. The largest absolute Gasteiger partial charge is 0.454 e. The lowest BCUT2D eigenvalue weighted by Crippen LogP contribution is -2.34. The quantitative estimate of drug-likeness (QED) is 0.886. The average molecular weight is 342 g/mol. The smallest absolute Gasteiger partial charge is 0.231 e. The van der Waals surface area contributed by atoms with Crippen molar-refractivity contribution in [2.24, 2.45) is 17.1 Å². The van der Waals surface area contributed by atoms with E-state index in [1.165, 1.54) is 0 Å². The van der Waals surface area contributed by atoms with Crippen LogP contribution in [0, 0.1) is 11.3 Å². The minimum atomic E-state index is -0.566. The van der Waals surface area contributed by atoms with Gasteiger partial charge in [0.15, 0.2) is 11.5 Å². The van der Waals surface area contributed by atoms with Gasteiger partial charge in [-0.1, -0.05) is 13.3 Å². The summed E-state index contributed by atoms with van der Waals surface area (Å²) >= 11 is 3.48. The molecule has 3 atom stereocenters. The zero-order valence-corrected chi connectivity index (χ0v) is 13.1. The fourth-order valence-corrected chi connectivity index (χ4v) is 4.05. The highest BCUT2D eigenvalue weighted by molar-refractivity contribution is 9.10. The Morgan fingerprint density at radius 2 is 2.30 bits per heavy atom. The van der Waals surface area contributed by atoms with Gasteiger partial charge in [-0.25, -0.2) is 0 Å². The zero-order chi connectivity index (χ0) is 14.3. The first-order valence-corrected chi connectivity index (χ1v) is 7.82. The normalized spacial score (nSPS) is 29.7. The van der Waals surface area contributed by atoms with Crippen LogP contribution in [0.25, 0.3) is 0 Å². The standard InChI is InChI=1S/C15H20BrNO3/c1-9-2-3-15(6-9,7-17)14(18)10-4-11(16)13-12(5-10)19-8-20-13/h4-5,9,14,18H,2-3,6-8,17H2,1H3.